The number of nitrogens with two attached hydrogens (primary N) is 1. The molecule has 4 nitrogen and oxygen atoms in total. The Hall–Kier alpha value is -1.40. The van der Waals surface area contributed by atoms with Gasteiger partial charge < -0.3 is 10.6 Å². The minimum absolute atomic E-state index is 0.109. The van der Waals surface area contributed by atoms with Crippen LogP contribution >= 0.6 is 22.9 Å². The van der Waals surface area contributed by atoms with Crippen molar-refractivity contribution in [2.24, 2.45) is 0 Å². The Morgan fingerprint density at radius 1 is 1.22 bits per heavy atom. The first-order valence-electron chi connectivity index (χ1n) is 7.62. The molecule has 1 fully saturated rings. The lowest BCUT2D eigenvalue weighted by Crippen LogP contribution is -2.46. The first kappa shape index (κ1) is 16.5. The maximum atomic E-state index is 12.6. The predicted molar refractivity (Wildman–Crippen MR) is 97.4 cm³/mol. The lowest BCUT2D eigenvalue weighted by molar-refractivity contribution is 0.0881. The standard InChI is InChI=1S/C17H20ClN3OS/c1-20-6-8-21(9-7-20)11-15(22)17-14(19)10-16(23-17)12-2-4-13(18)5-3-12/h2-5,10H,6-9,11,19H2,1H3. The SMILES string of the molecule is CN1CCN(CC(=O)c2sc(-c3ccc(Cl)cc3)cc2N)CC1. The number of rotatable bonds is 4. The lowest BCUT2D eigenvalue weighted by atomic mass is 10.2. The minimum atomic E-state index is 0.109. The van der Waals surface area contributed by atoms with E-state index < -0.39 is 0 Å². The molecule has 3 rings (SSSR count). The molecule has 2 N–H and O–H groups in total. The summed E-state index contributed by atoms with van der Waals surface area (Å²) >= 11 is 7.38. The molecule has 0 atom stereocenters. The van der Waals surface area contributed by atoms with Gasteiger partial charge in [0, 0.05) is 36.1 Å². The highest BCUT2D eigenvalue weighted by Gasteiger charge is 2.20. The first-order valence-corrected chi connectivity index (χ1v) is 8.82. The number of carbonyl (C=O) groups is 1. The molecule has 2 aromatic rings. The number of thiophene rings is 1. The number of nitrogens with zero attached hydrogens (tertiary/aromatic N) is 2. The second kappa shape index (κ2) is 7.01. The highest BCUT2D eigenvalue weighted by Crippen LogP contribution is 2.34. The summed E-state index contributed by atoms with van der Waals surface area (Å²) in [5.41, 5.74) is 7.67. The lowest BCUT2D eigenvalue weighted by Gasteiger charge is -2.31. The molecular formula is C17H20ClN3OS. The Morgan fingerprint density at radius 2 is 1.87 bits per heavy atom. The van der Waals surface area contributed by atoms with Crippen molar-refractivity contribution in [1.29, 1.82) is 0 Å². The van der Waals surface area contributed by atoms with Crippen molar-refractivity contribution in [2.75, 3.05) is 45.5 Å². The Labute approximate surface area is 145 Å². The van der Waals surface area contributed by atoms with Crippen LogP contribution in [0, 0.1) is 0 Å². The summed E-state index contributed by atoms with van der Waals surface area (Å²) in [6, 6.07) is 9.47. The molecule has 1 aromatic heterocycles. The van der Waals surface area contributed by atoms with E-state index >= 15 is 0 Å². The zero-order valence-electron chi connectivity index (χ0n) is 13.1. The predicted octanol–water partition coefficient (Wildman–Crippen LogP) is 3.08. The van der Waals surface area contributed by atoms with Crippen molar-refractivity contribution in [3.8, 4) is 10.4 Å². The Kier molecular flexibility index (Phi) is 5.02. The number of Topliss-reactive ketones (excluding diaryl/α,β-unsaturated/α-hetero) is 1. The van der Waals surface area contributed by atoms with Crippen LogP contribution in [0.25, 0.3) is 10.4 Å². The van der Waals surface area contributed by atoms with E-state index in [0.29, 0.717) is 22.1 Å². The summed E-state index contributed by atoms with van der Waals surface area (Å²) in [4.78, 5) is 18.7. The molecule has 1 aliphatic rings. The van der Waals surface area contributed by atoms with Gasteiger partial charge in [0.25, 0.3) is 0 Å². The molecule has 122 valence electrons. The summed E-state index contributed by atoms with van der Waals surface area (Å²) < 4.78 is 0. The molecule has 6 heteroatoms. The molecule has 0 aliphatic carbocycles. The topological polar surface area (TPSA) is 49.6 Å². The Bertz CT molecular complexity index is 690. The number of piperazine rings is 1. The van der Waals surface area contributed by atoms with E-state index in [2.05, 4.69) is 16.8 Å². The Morgan fingerprint density at radius 3 is 2.52 bits per heavy atom. The van der Waals surface area contributed by atoms with Gasteiger partial charge in [0.1, 0.15) is 0 Å². The molecule has 0 spiro atoms. The maximum absolute atomic E-state index is 12.6. The van der Waals surface area contributed by atoms with Crippen LogP contribution in [-0.2, 0) is 0 Å². The van der Waals surface area contributed by atoms with Gasteiger partial charge in [0.05, 0.1) is 17.1 Å². The monoisotopic (exact) mass is 349 g/mol. The third-order valence-electron chi connectivity index (χ3n) is 4.11. The number of likely N-dealkylation sites (N-methyl/N-ethyl adjacent to an activating group) is 1. The molecule has 23 heavy (non-hydrogen) atoms. The van der Waals surface area contributed by atoms with Crippen LogP contribution in [-0.4, -0.2) is 55.4 Å². The van der Waals surface area contributed by atoms with Crippen LogP contribution in [0.5, 0.6) is 0 Å². The fourth-order valence-electron chi connectivity index (χ4n) is 2.66. The fourth-order valence-corrected chi connectivity index (χ4v) is 3.80. The van der Waals surface area contributed by atoms with Crippen LogP contribution in [0.1, 0.15) is 9.67 Å². The molecule has 1 aliphatic heterocycles. The van der Waals surface area contributed by atoms with Gasteiger partial charge in [-0.15, -0.1) is 11.3 Å². The fraction of sp³-hybridized carbons (Fsp3) is 0.353. The molecule has 1 saturated heterocycles. The van der Waals surface area contributed by atoms with Gasteiger partial charge in [-0.2, -0.15) is 0 Å². The first-order chi connectivity index (χ1) is 11.0. The second-order valence-electron chi connectivity index (χ2n) is 5.90. The number of ketones is 1. The summed E-state index contributed by atoms with van der Waals surface area (Å²) in [7, 11) is 2.11. The third-order valence-corrected chi connectivity index (χ3v) is 5.60. The van der Waals surface area contributed by atoms with Gasteiger partial charge in [0.2, 0.25) is 0 Å². The van der Waals surface area contributed by atoms with E-state index in [0.717, 1.165) is 36.6 Å². The zero-order valence-corrected chi connectivity index (χ0v) is 14.7. The van der Waals surface area contributed by atoms with Crippen LogP contribution < -0.4 is 5.73 Å². The zero-order chi connectivity index (χ0) is 16.4. The van der Waals surface area contributed by atoms with Crippen molar-refractivity contribution >= 4 is 34.4 Å². The molecule has 0 amide bonds. The molecule has 2 heterocycles. The third kappa shape index (κ3) is 3.93. The van der Waals surface area contributed by atoms with Gasteiger partial charge >= 0.3 is 0 Å². The molecule has 0 saturated carbocycles. The quantitative estimate of drug-likeness (QED) is 0.862. The second-order valence-corrected chi connectivity index (χ2v) is 7.39. The van der Waals surface area contributed by atoms with Crippen LogP contribution in [0.4, 0.5) is 5.69 Å². The van der Waals surface area contributed by atoms with Gasteiger partial charge in [-0.05, 0) is 30.8 Å². The molecule has 0 unspecified atom stereocenters. The van der Waals surface area contributed by atoms with Crippen LogP contribution in [0.15, 0.2) is 30.3 Å². The van der Waals surface area contributed by atoms with Gasteiger partial charge in [-0.1, -0.05) is 23.7 Å². The van der Waals surface area contributed by atoms with E-state index in [4.69, 9.17) is 17.3 Å². The van der Waals surface area contributed by atoms with Gasteiger partial charge in [-0.3, -0.25) is 9.69 Å². The molecule has 0 bridgehead atoms. The van der Waals surface area contributed by atoms with Crippen molar-refractivity contribution in [1.82, 2.24) is 9.80 Å². The smallest absolute Gasteiger partial charge is 0.188 e. The molecule has 0 radical (unpaired) electrons. The van der Waals surface area contributed by atoms with Crippen molar-refractivity contribution < 1.29 is 4.79 Å². The van der Waals surface area contributed by atoms with E-state index in [9.17, 15) is 4.79 Å². The van der Waals surface area contributed by atoms with E-state index in [1.54, 1.807) is 0 Å². The summed E-state index contributed by atoms with van der Waals surface area (Å²) in [6.07, 6.45) is 0. The average molecular weight is 350 g/mol. The molecular weight excluding hydrogens is 330 g/mol. The number of hydrogen-bond donors (Lipinski definition) is 1. The van der Waals surface area contributed by atoms with E-state index in [-0.39, 0.29) is 5.78 Å². The highest BCUT2D eigenvalue weighted by molar-refractivity contribution is 7.18. The number of carbonyl (C=O) groups excluding carboxylic acids is 1. The highest BCUT2D eigenvalue weighted by atomic mass is 35.5. The largest absolute Gasteiger partial charge is 0.397 e. The summed E-state index contributed by atoms with van der Waals surface area (Å²) in [6.45, 7) is 4.31. The number of halogens is 1. The average Bonchev–Trinajstić information content (AvgIpc) is 2.92. The van der Waals surface area contributed by atoms with Crippen LogP contribution in [0.2, 0.25) is 5.02 Å². The van der Waals surface area contributed by atoms with Crippen LogP contribution in [0.3, 0.4) is 0 Å². The number of benzene rings is 1. The number of nitrogen functional groups attached to an aromatic ring is 1. The van der Waals surface area contributed by atoms with E-state index in [1.165, 1.54) is 11.3 Å². The van der Waals surface area contributed by atoms with Crippen molar-refractivity contribution in [3.63, 3.8) is 0 Å². The van der Waals surface area contributed by atoms with Crippen molar-refractivity contribution in [3.05, 3.63) is 40.2 Å². The maximum Gasteiger partial charge on any atom is 0.188 e. The summed E-state index contributed by atoms with van der Waals surface area (Å²) in [5.74, 6) is 0.109. The minimum Gasteiger partial charge on any atom is -0.397 e. The van der Waals surface area contributed by atoms with Gasteiger partial charge in [0.15, 0.2) is 5.78 Å². The van der Waals surface area contributed by atoms with E-state index in [1.807, 2.05) is 30.3 Å². The van der Waals surface area contributed by atoms with Gasteiger partial charge in [-0.25, -0.2) is 0 Å². The normalized spacial score (nSPS) is 16.6. The Balaban J connectivity index is 1.72. The summed E-state index contributed by atoms with van der Waals surface area (Å²) in [5, 5.41) is 0.699. The molecule has 1 aromatic carbocycles. The van der Waals surface area contributed by atoms with Crippen molar-refractivity contribution in [2.45, 2.75) is 0 Å². The number of hydrogen-bond acceptors (Lipinski definition) is 5. The number of anilines is 1.